The van der Waals surface area contributed by atoms with E-state index in [9.17, 15) is 4.79 Å². The SMILES string of the molecule is Cc1ccc(C(CC(C)C)NC(=O)c2cccc(COc3ccccc3)c2)c(C)c1. The number of amides is 1. The van der Waals surface area contributed by atoms with E-state index < -0.39 is 0 Å². The molecule has 156 valence electrons. The topological polar surface area (TPSA) is 38.3 Å². The van der Waals surface area contributed by atoms with E-state index in [-0.39, 0.29) is 11.9 Å². The van der Waals surface area contributed by atoms with Crippen molar-refractivity contribution in [3.8, 4) is 5.75 Å². The van der Waals surface area contributed by atoms with Gasteiger partial charge in [0.25, 0.3) is 5.91 Å². The van der Waals surface area contributed by atoms with E-state index in [2.05, 4.69) is 51.2 Å². The van der Waals surface area contributed by atoms with Crippen molar-refractivity contribution in [1.29, 1.82) is 0 Å². The van der Waals surface area contributed by atoms with Gasteiger partial charge < -0.3 is 10.1 Å². The van der Waals surface area contributed by atoms with E-state index in [1.54, 1.807) is 0 Å². The molecule has 30 heavy (non-hydrogen) atoms. The van der Waals surface area contributed by atoms with Crippen molar-refractivity contribution in [2.24, 2.45) is 5.92 Å². The van der Waals surface area contributed by atoms with Crippen LogP contribution in [0.3, 0.4) is 0 Å². The number of hydrogen-bond acceptors (Lipinski definition) is 2. The van der Waals surface area contributed by atoms with Crippen molar-refractivity contribution in [3.63, 3.8) is 0 Å². The number of hydrogen-bond donors (Lipinski definition) is 1. The Morgan fingerprint density at radius 3 is 2.40 bits per heavy atom. The lowest BCUT2D eigenvalue weighted by molar-refractivity contribution is 0.0931. The lowest BCUT2D eigenvalue weighted by Crippen LogP contribution is -2.30. The molecule has 1 amide bonds. The number of nitrogens with one attached hydrogen (secondary N) is 1. The third-order valence-corrected chi connectivity index (χ3v) is 5.15. The van der Waals surface area contributed by atoms with Crippen LogP contribution < -0.4 is 10.1 Å². The number of aryl methyl sites for hydroxylation is 2. The molecule has 0 bridgehead atoms. The predicted octanol–water partition coefficient (Wildman–Crippen LogP) is 6.40. The van der Waals surface area contributed by atoms with Crippen LogP contribution in [-0.2, 0) is 6.61 Å². The van der Waals surface area contributed by atoms with Gasteiger partial charge in [-0.1, -0.05) is 67.9 Å². The van der Waals surface area contributed by atoms with Crippen molar-refractivity contribution in [2.75, 3.05) is 0 Å². The summed E-state index contributed by atoms with van der Waals surface area (Å²) in [6.07, 6.45) is 0.895. The van der Waals surface area contributed by atoms with Crippen molar-refractivity contribution in [1.82, 2.24) is 5.32 Å². The summed E-state index contributed by atoms with van der Waals surface area (Å²) >= 11 is 0. The monoisotopic (exact) mass is 401 g/mol. The van der Waals surface area contributed by atoms with E-state index in [1.807, 2.05) is 54.6 Å². The van der Waals surface area contributed by atoms with E-state index in [0.717, 1.165) is 17.7 Å². The molecule has 0 aromatic heterocycles. The molecule has 0 aliphatic rings. The number of benzene rings is 3. The van der Waals surface area contributed by atoms with Crippen LogP contribution in [-0.4, -0.2) is 5.91 Å². The second-order valence-electron chi connectivity index (χ2n) is 8.32. The highest BCUT2D eigenvalue weighted by molar-refractivity contribution is 5.94. The smallest absolute Gasteiger partial charge is 0.251 e. The molecule has 0 saturated heterocycles. The molecule has 0 spiro atoms. The van der Waals surface area contributed by atoms with Crippen LogP contribution in [0.15, 0.2) is 72.8 Å². The Morgan fingerprint density at radius 2 is 1.70 bits per heavy atom. The van der Waals surface area contributed by atoms with E-state index >= 15 is 0 Å². The fraction of sp³-hybridized carbons (Fsp3) is 0.296. The first kappa shape index (κ1) is 21.6. The zero-order chi connectivity index (χ0) is 21.5. The number of carbonyl (C=O) groups excluding carboxylic acids is 1. The van der Waals surface area contributed by atoms with Crippen LogP contribution in [0.1, 0.15) is 58.9 Å². The maximum absolute atomic E-state index is 13.1. The lowest BCUT2D eigenvalue weighted by Gasteiger charge is -2.23. The van der Waals surface area contributed by atoms with Crippen LogP contribution in [0, 0.1) is 19.8 Å². The molecular weight excluding hydrogens is 370 g/mol. The largest absolute Gasteiger partial charge is 0.489 e. The summed E-state index contributed by atoms with van der Waals surface area (Å²) in [7, 11) is 0. The van der Waals surface area contributed by atoms with Crippen molar-refractivity contribution < 1.29 is 9.53 Å². The van der Waals surface area contributed by atoms with Gasteiger partial charge in [-0.25, -0.2) is 0 Å². The molecule has 0 aliphatic carbocycles. The molecule has 3 nitrogen and oxygen atoms in total. The van der Waals surface area contributed by atoms with Crippen LogP contribution in [0.2, 0.25) is 0 Å². The number of rotatable bonds is 8. The molecule has 0 heterocycles. The van der Waals surface area contributed by atoms with Crippen LogP contribution in [0.4, 0.5) is 0 Å². The molecule has 3 aromatic rings. The van der Waals surface area contributed by atoms with Gasteiger partial charge in [-0.05, 0) is 67.1 Å². The summed E-state index contributed by atoms with van der Waals surface area (Å²) in [4.78, 5) is 13.1. The van der Waals surface area contributed by atoms with E-state index in [4.69, 9.17) is 4.74 Å². The van der Waals surface area contributed by atoms with Gasteiger partial charge in [0.05, 0.1) is 6.04 Å². The summed E-state index contributed by atoms with van der Waals surface area (Å²) < 4.78 is 5.83. The van der Waals surface area contributed by atoms with E-state index in [0.29, 0.717) is 18.1 Å². The zero-order valence-corrected chi connectivity index (χ0v) is 18.3. The summed E-state index contributed by atoms with van der Waals surface area (Å²) in [5, 5.41) is 3.26. The molecule has 1 atom stereocenters. The minimum atomic E-state index is -0.0535. The average molecular weight is 402 g/mol. The quantitative estimate of drug-likeness (QED) is 0.474. The first-order chi connectivity index (χ1) is 14.4. The normalized spacial score (nSPS) is 11.9. The van der Waals surface area contributed by atoms with Crippen LogP contribution in [0.25, 0.3) is 0 Å². The van der Waals surface area contributed by atoms with Gasteiger partial charge >= 0.3 is 0 Å². The fourth-order valence-corrected chi connectivity index (χ4v) is 3.68. The molecule has 0 radical (unpaired) electrons. The molecule has 1 N–H and O–H groups in total. The summed E-state index contributed by atoms with van der Waals surface area (Å²) in [6, 6.07) is 23.8. The Kier molecular flexibility index (Phi) is 7.29. The summed E-state index contributed by atoms with van der Waals surface area (Å²) in [5.74, 6) is 1.24. The number of para-hydroxylation sites is 1. The highest BCUT2D eigenvalue weighted by atomic mass is 16.5. The number of carbonyl (C=O) groups is 1. The van der Waals surface area contributed by atoms with Gasteiger partial charge in [-0.15, -0.1) is 0 Å². The molecule has 0 aliphatic heterocycles. The molecule has 3 heteroatoms. The Hall–Kier alpha value is -3.07. The van der Waals surface area contributed by atoms with Gasteiger partial charge in [-0.3, -0.25) is 4.79 Å². The Balaban J connectivity index is 1.73. The van der Waals surface area contributed by atoms with Crippen molar-refractivity contribution in [2.45, 2.75) is 46.8 Å². The molecule has 1 unspecified atom stereocenters. The third-order valence-electron chi connectivity index (χ3n) is 5.15. The minimum absolute atomic E-state index is 0.0117. The highest BCUT2D eigenvalue weighted by Gasteiger charge is 2.19. The highest BCUT2D eigenvalue weighted by Crippen LogP contribution is 2.25. The van der Waals surface area contributed by atoms with Gasteiger partial charge in [0.1, 0.15) is 12.4 Å². The minimum Gasteiger partial charge on any atom is -0.489 e. The zero-order valence-electron chi connectivity index (χ0n) is 18.3. The van der Waals surface area contributed by atoms with Gasteiger partial charge in [0.2, 0.25) is 0 Å². The summed E-state index contributed by atoms with van der Waals surface area (Å²) in [6.45, 7) is 9.01. The van der Waals surface area contributed by atoms with Crippen LogP contribution in [0.5, 0.6) is 5.75 Å². The van der Waals surface area contributed by atoms with Crippen molar-refractivity contribution in [3.05, 3.63) is 101 Å². The lowest BCUT2D eigenvalue weighted by atomic mass is 9.92. The predicted molar refractivity (Wildman–Crippen MR) is 123 cm³/mol. The summed E-state index contributed by atoms with van der Waals surface area (Å²) in [5.41, 5.74) is 5.26. The Labute approximate surface area is 180 Å². The van der Waals surface area contributed by atoms with Crippen LogP contribution >= 0.6 is 0 Å². The first-order valence-electron chi connectivity index (χ1n) is 10.6. The average Bonchev–Trinajstić information content (AvgIpc) is 2.72. The first-order valence-corrected chi connectivity index (χ1v) is 10.6. The standard InChI is InChI=1S/C27H31NO2/c1-19(2)15-26(25-14-13-20(3)16-21(25)4)28-27(29)23-10-8-9-22(17-23)18-30-24-11-6-5-7-12-24/h5-14,16-17,19,26H,15,18H2,1-4H3,(H,28,29). The Morgan fingerprint density at radius 1 is 0.933 bits per heavy atom. The van der Waals surface area contributed by atoms with Gasteiger partial charge in [0, 0.05) is 5.56 Å². The maximum atomic E-state index is 13.1. The molecule has 0 fully saturated rings. The molecule has 3 rings (SSSR count). The van der Waals surface area contributed by atoms with Crippen molar-refractivity contribution >= 4 is 5.91 Å². The third kappa shape index (κ3) is 5.96. The maximum Gasteiger partial charge on any atom is 0.251 e. The molecule has 0 saturated carbocycles. The van der Waals surface area contributed by atoms with E-state index in [1.165, 1.54) is 16.7 Å². The second-order valence-corrected chi connectivity index (χ2v) is 8.32. The molecular formula is C27H31NO2. The van der Waals surface area contributed by atoms with Gasteiger partial charge in [0.15, 0.2) is 0 Å². The Bertz CT molecular complexity index is 979. The number of ether oxygens (including phenoxy) is 1. The fourth-order valence-electron chi connectivity index (χ4n) is 3.68. The second kappa shape index (κ2) is 10.1. The van der Waals surface area contributed by atoms with Gasteiger partial charge in [-0.2, -0.15) is 0 Å². The molecule has 3 aromatic carbocycles.